The topological polar surface area (TPSA) is 75.6 Å². The van der Waals surface area contributed by atoms with Crippen molar-refractivity contribution in [3.63, 3.8) is 0 Å². The fourth-order valence-corrected chi connectivity index (χ4v) is 3.03. The van der Waals surface area contributed by atoms with Crippen molar-refractivity contribution in [1.82, 2.24) is 19.7 Å². The number of amides is 1. The number of imidazole rings is 1. The van der Waals surface area contributed by atoms with E-state index in [0.717, 1.165) is 34.3 Å². The number of carbonyl (C=O) groups excluding carboxylic acids is 1. The molecule has 6 nitrogen and oxygen atoms in total. The fraction of sp³-hybridized carbons (Fsp3) is 0.235. The van der Waals surface area contributed by atoms with Crippen LogP contribution in [0.3, 0.4) is 0 Å². The lowest BCUT2D eigenvalue weighted by Gasteiger charge is -2.05. The average molecular weight is 341 g/mol. The Labute approximate surface area is 144 Å². The molecule has 0 radical (unpaired) electrons. The SMILES string of the molecule is CCCc1cc(C(=O)Nc2ccc(Sc3nccn3C)cc2)n[nH]1. The Morgan fingerprint density at radius 1 is 1.33 bits per heavy atom. The maximum Gasteiger partial charge on any atom is 0.276 e. The second kappa shape index (κ2) is 7.35. The largest absolute Gasteiger partial charge is 0.329 e. The minimum Gasteiger partial charge on any atom is -0.329 e. The van der Waals surface area contributed by atoms with Crippen molar-refractivity contribution in [1.29, 1.82) is 0 Å². The van der Waals surface area contributed by atoms with Crippen LogP contribution in [0.2, 0.25) is 0 Å². The molecular weight excluding hydrogens is 322 g/mol. The van der Waals surface area contributed by atoms with Crippen LogP contribution in [0.1, 0.15) is 29.5 Å². The number of aromatic nitrogens is 4. The van der Waals surface area contributed by atoms with E-state index in [4.69, 9.17) is 0 Å². The van der Waals surface area contributed by atoms with Gasteiger partial charge in [-0.3, -0.25) is 9.89 Å². The van der Waals surface area contributed by atoms with Gasteiger partial charge in [-0.2, -0.15) is 5.10 Å². The van der Waals surface area contributed by atoms with Gasteiger partial charge in [-0.05, 0) is 36.8 Å². The van der Waals surface area contributed by atoms with Crippen LogP contribution in [0.25, 0.3) is 0 Å². The van der Waals surface area contributed by atoms with Crippen molar-refractivity contribution in [2.45, 2.75) is 29.8 Å². The molecule has 0 spiro atoms. The third-order valence-corrected chi connectivity index (χ3v) is 4.57. The Balaban J connectivity index is 1.63. The van der Waals surface area contributed by atoms with Crippen molar-refractivity contribution < 1.29 is 4.79 Å². The van der Waals surface area contributed by atoms with Crippen molar-refractivity contribution in [3.8, 4) is 0 Å². The van der Waals surface area contributed by atoms with Crippen LogP contribution in [0.4, 0.5) is 5.69 Å². The van der Waals surface area contributed by atoms with Gasteiger partial charge in [0.25, 0.3) is 5.91 Å². The van der Waals surface area contributed by atoms with E-state index in [0.29, 0.717) is 5.69 Å². The molecule has 0 saturated heterocycles. The molecule has 2 aromatic heterocycles. The molecule has 2 heterocycles. The van der Waals surface area contributed by atoms with Gasteiger partial charge in [-0.1, -0.05) is 25.1 Å². The predicted octanol–water partition coefficient (Wildman–Crippen LogP) is 3.50. The lowest BCUT2D eigenvalue weighted by molar-refractivity contribution is 0.102. The van der Waals surface area contributed by atoms with Gasteiger partial charge in [-0.25, -0.2) is 4.98 Å². The van der Waals surface area contributed by atoms with E-state index in [1.807, 2.05) is 42.1 Å². The van der Waals surface area contributed by atoms with Gasteiger partial charge < -0.3 is 9.88 Å². The van der Waals surface area contributed by atoms with Crippen LogP contribution < -0.4 is 5.32 Å². The number of hydrogen-bond donors (Lipinski definition) is 2. The van der Waals surface area contributed by atoms with E-state index in [9.17, 15) is 4.79 Å². The highest BCUT2D eigenvalue weighted by Gasteiger charge is 2.11. The van der Waals surface area contributed by atoms with Crippen molar-refractivity contribution in [2.24, 2.45) is 7.05 Å². The highest BCUT2D eigenvalue weighted by molar-refractivity contribution is 7.99. The standard InChI is InChI=1S/C17H19N5OS/c1-3-4-13-11-15(21-20-13)16(23)19-12-5-7-14(8-6-12)24-17-18-9-10-22(17)2/h5-11H,3-4H2,1-2H3,(H,19,23)(H,20,21). The Kier molecular flexibility index (Phi) is 5.00. The van der Waals surface area contributed by atoms with Gasteiger partial charge >= 0.3 is 0 Å². The summed E-state index contributed by atoms with van der Waals surface area (Å²) in [5, 5.41) is 10.7. The minimum absolute atomic E-state index is 0.210. The number of anilines is 1. The summed E-state index contributed by atoms with van der Waals surface area (Å²) in [7, 11) is 1.96. The molecular formula is C17H19N5OS. The van der Waals surface area contributed by atoms with Gasteiger partial charge in [0.05, 0.1) is 0 Å². The van der Waals surface area contributed by atoms with E-state index < -0.39 is 0 Å². The van der Waals surface area contributed by atoms with Crippen LogP contribution >= 0.6 is 11.8 Å². The van der Waals surface area contributed by atoms with Crippen molar-refractivity contribution >= 4 is 23.4 Å². The molecule has 1 amide bonds. The number of carbonyl (C=O) groups is 1. The molecule has 3 aromatic rings. The summed E-state index contributed by atoms with van der Waals surface area (Å²) in [5.74, 6) is -0.210. The first-order valence-corrected chi connectivity index (χ1v) is 8.58. The van der Waals surface area contributed by atoms with Crippen LogP contribution in [0.15, 0.2) is 52.8 Å². The molecule has 0 aliphatic rings. The normalized spacial score (nSPS) is 10.8. The van der Waals surface area contributed by atoms with Gasteiger partial charge in [0.15, 0.2) is 10.9 Å². The molecule has 2 N–H and O–H groups in total. The van der Waals surface area contributed by atoms with Gasteiger partial charge in [0.2, 0.25) is 0 Å². The summed E-state index contributed by atoms with van der Waals surface area (Å²) in [5.41, 5.74) is 2.12. The predicted molar refractivity (Wildman–Crippen MR) is 94.3 cm³/mol. The summed E-state index contributed by atoms with van der Waals surface area (Å²) < 4.78 is 1.96. The zero-order valence-electron chi connectivity index (χ0n) is 13.6. The third-order valence-electron chi connectivity index (χ3n) is 3.48. The highest BCUT2D eigenvalue weighted by Crippen LogP contribution is 2.26. The maximum absolute atomic E-state index is 12.2. The van der Waals surface area contributed by atoms with Crippen LogP contribution in [-0.2, 0) is 13.5 Å². The maximum atomic E-state index is 12.2. The molecule has 0 bridgehead atoms. The Bertz CT molecular complexity index is 822. The summed E-state index contributed by atoms with van der Waals surface area (Å²) in [4.78, 5) is 17.6. The second-order valence-electron chi connectivity index (χ2n) is 5.43. The summed E-state index contributed by atoms with van der Waals surface area (Å²) in [6.07, 6.45) is 5.58. The number of aromatic amines is 1. The van der Waals surface area contributed by atoms with E-state index in [1.54, 1.807) is 24.0 Å². The average Bonchev–Trinajstić information content (AvgIpc) is 3.20. The summed E-state index contributed by atoms with van der Waals surface area (Å²) >= 11 is 1.58. The Morgan fingerprint density at radius 2 is 2.12 bits per heavy atom. The third kappa shape index (κ3) is 3.86. The first kappa shape index (κ1) is 16.3. The zero-order chi connectivity index (χ0) is 16.9. The summed E-state index contributed by atoms with van der Waals surface area (Å²) in [6, 6.07) is 9.47. The van der Waals surface area contributed by atoms with Crippen LogP contribution in [0, 0.1) is 0 Å². The summed E-state index contributed by atoms with van der Waals surface area (Å²) in [6.45, 7) is 2.09. The molecule has 24 heavy (non-hydrogen) atoms. The zero-order valence-corrected chi connectivity index (χ0v) is 14.4. The first-order chi connectivity index (χ1) is 11.7. The fourth-order valence-electron chi connectivity index (χ4n) is 2.23. The number of nitrogens with one attached hydrogen (secondary N) is 2. The molecule has 1 aromatic carbocycles. The highest BCUT2D eigenvalue weighted by atomic mass is 32.2. The molecule has 7 heteroatoms. The minimum atomic E-state index is -0.210. The first-order valence-electron chi connectivity index (χ1n) is 7.76. The van der Waals surface area contributed by atoms with Crippen molar-refractivity contribution in [2.75, 3.05) is 5.32 Å². The molecule has 0 aliphatic carbocycles. The Hall–Kier alpha value is -2.54. The molecule has 0 unspecified atom stereocenters. The lowest BCUT2D eigenvalue weighted by Crippen LogP contribution is -2.12. The van der Waals surface area contributed by atoms with E-state index >= 15 is 0 Å². The lowest BCUT2D eigenvalue weighted by atomic mass is 10.2. The van der Waals surface area contributed by atoms with Gasteiger partial charge in [0, 0.05) is 35.7 Å². The van der Waals surface area contributed by atoms with Gasteiger partial charge in [-0.15, -0.1) is 0 Å². The number of rotatable bonds is 6. The molecule has 3 rings (SSSR count). The second-order valence-corrected chi connectivity index (χ2v) is 6.47. The molecule has 124 valence electrons. The number of hydrogen-bond acceptors (Lipinski definition) is 4. The number of nitrogens with zero attached hydrogens (tertiary/aromatic N) is 3. The molecule has 0 fully saturated rings. The van der Waals surface area contributed by atoms with E-state index in [1.165, 1.54) is 0 Å². The smallest absolute Gasteiger partial charge is 0.276 e. The monoisotopic (exact) mass is 341 g/mol. The van der Waals surface area contributed by atoms with Gasteiger partial charge in [0.1, 0.15) is 0 Å². The number of benzene rings is 1. The van der Waals surface area contributed by atoms with Crippen LogP contribution in [0.5, 0.6) is 0 Å². The Morgan fingerprint density at radius 3 is 2.79 bits per heavy atom. The molecule has 0 saturated carbocycles. The molecule has 0 atom stereocenters. The van der Waals surface area contributed by atoms with E-state index in [-0.39, 0.29) is 5.91 Å². The van der Waals surface area contributed by atoms with Crippen LogP contribution in [-0.4, -0.2) is 25.7 Å². The quantitative estimate of drug-likeness (QED) is 0.719. The number of aryl methyl sites for hydroxylation is 2. The van der Waals surface area contributed by atoms with Crippen molar-refractivity contribution in [3.05, 3.63) is 54.1 Å². The number of H-pyrrole nitrogens is 1. The van der Waals surface area contributed by atoms with E-state index in [2.05, 4.69) is 27.4 Å². The molecule has 0 aliphatic heterocycles.